The molecule has 0 atom stereocenters. The molecule has 4 nitrogen and oxygen atoms in total. The lowest BCUT2D eigenvalue weighted by Gasteiger charge is -2.40. The Morgan fingerprint density at radius 3 is 2.65 bits per heavy atom. The first kappa shape index (κ1) is 12.7. The summed E-state index contributed by atoms with van der Waals surface area (Å²) in [6.45, 7) is 0. The van der Waals surface area contributed by atoms with Crippen molar-refractivity contribution in [2.75, 3.05) is 5.88 Å². The minimum atomic E-state index is -3.75. The Balaban J connectivity index is 2.25. The van der Waals surface area contributed by atoms with E-state index in [0.717, 1.165) is 24.9 Å². The van der Waals surface area contributed by atoms with Gasteiger partial charge in [-0.3, -0.25) is 4.98 Å². The lowest BCUT2D eigenvalue weighted by Crippen LogP contribution is -2.54. The smallest absolute Gasteiger partial charge is 0.242 e. The van der Waals surface area contributed by atoms with Crippen LogP contribution in [0.15, 0.2) is 23.4 Å². The second-order valence-electron chi connectivity index (χ2n) is 4.21. The molecular weight excluding hydrogens is 267 g/mol. The van der Waals surface area contributed by atoms with Gasteiger partial charge in [0.15, 0.2) is 0 Å². The number of hydrogen-bond donors (Lipinski definition) is 1. The quantitative estimate of drug-likeness (QED) is 0.852. The molecule has 0 unspecified atom stereocenters. The van der Waals surface area contributed by atoms with Gasteiger partial charge < -0.3 is 0 Å². The molecule has 1 saturated carbocycles. The van der Waals surface area contributed by atoms with Crippen molar-refractivity contribution < 1.29 is 12.8 Å². The molecule has 0 bridgehead atoms. The minimum absolute atomic E-state index is 0.172. The molecule has 1 fully saturated rings. The van der Waals surface area contributed by atoms with Crippen LogP contribution >= 0.6 is 11.6 Å². The Morgan fingerprint density at radius 2 is 2.18 bits per heavy atom. The van der Waals surface area contributed by atoms with Crippen molar-refractivity contribution in [2.45, 2.75) is 29.7 Å². The predicted molar refractivity (Wildman–Crippen MR) is 61.8 cm³/mol. The third-order valence-corrected chi connectivity index (χ3v) is 4.96. The number of hydrogen-bond acceptors (Lipinski definition) is 3. The maximum atomic E-state index is 12.9. The van der Waals surface area contributed by atoms with E-state index in [9.17, 15) is 12.8 Å². The summed E-state index contributed by atoms with van der Waals surface area (Å²) in [5, 5.41) is 0. The van der Waals surface area contributed by atoms with E-state index in [1.165, 1.54) is 0 Å². The van der Waals surface area contributed by atoms with Gasteiger partial charge in [0.1, 0.15) is 10.7 Å². The highest BCUT2D eigenvalue weighted by atomic mass is 35.5. The van der Waals surface area contributed by atoms with Crippen molar-refractivity contribution in [3.8, 4) is 0 Å². The third-order valence-electron chi connectivity index (χ3n) is 2.91. The third kappa shape index (κ3) is 2.59. The second-order valence-corrected chi connectivity index (χ2v) is 6.16. The molecule has 1 heterocycles. The first-order valence-corrected chi connectivity index (χ1v) is 7.20. The molecule has 0 spiro atoms. The van der Waals surface area contributed by atoms with Crippen LogP contribution in [0.25, 0.3) is 0 Å². The van der Waals surface area contributed by atoms with Crippen LogP contribution in [0.5, 0.6) is 0 Å². The van der Waals surface area contributed by atoms with E-state index < -0.39 is 21.4 Å². The van der Waals surface area contributed by atoms with Crippen molar-refractivity contribution in [1.29, 1.82) is 0 Å². The largest absolute Gasteiger partial charge is 0.260 e. The highest BCUT2D eigenvalue weighted by molar-refractivity contribution is 7.89. The van der Waals surface area contributed by atoms with Crippen LogP contribution in [0.4, 0.5) is 4.39 Å². The first-order valence-electron chi connectivity index (χ1n) is 5.18. The monoisotopic (exact) mass is 278 g/mol. The molecule has 0 aromatic carbocycles. The maximum Gasteiger partial charge on any atom is 0.242 e. The molecule has 0 saturated heterocycles. The van der Waals surface area contributed by atoms with Gasteiger partial charge in [-0.1, -0.05) is 0 Å². The standard InChI is InChI=1S/C10H12ClFN2O2S/c11-7-10(2-1-3-10)14-17(15,16)9-4-8(12)5-13-6-9/h4-6,14H,1-3,7H2. The number of sulfonamides is 1. The molecule has 0 aliphatic heterocycles. The van der Waals surface area contributed by atoms with Crippen molar-refractivity contribution in [3.63, 3.8) is 0 Å². The Bertz CT molecular complexity index is 511. The summed E-state index contributed by atoms with van der Waals surface area (Å²) in [7, 11) is -3.75. The van der Waals surface area contributed by atoms with Crippen LogP contribution in [0.3, 0.4) is 0 Å². The number of halogens is 2. The van der Waals surface area contributed by atoms with Crippen LogP contribution in [-0.4, -0.2) is 24.8 Å². The summed E-state index contributed by atoms with van der Waals surface area (Å²) < 4.78 is 39.4. The molecule has 7 heteroatoms. The van der Waals surface area contributed by atoms with Gasteiger partial charge in [0.05, 0.1) is 6.20 Å². The van der Waals surface area contributed by atoms with Gasteiger partial charge in [-0.05, 0) is 25.3 Å². The number of nitrogens with one attached hydrogen (secondary N) is 1. The van der Waals surface area contributed by atoms with E-state index in [1.54, 1.807) is 0 Å². The Kier molecular flexibility index (Phi) is 3.38. The normalized spacial score (nSPS) is 18.7. The molecule has 1 N–H and O–H groups in total. The second kappa shape index (κ2) is 4.51. The van der Waals surface area contributed by atoms with Gasteiger partial charge >= 0.3 is 0 Å². The zero-order valence-corrected chi connectivity index (χ0v) is 10.6. The summed E-state index contributed by atoms with van der Waals surface area (Å²) in [4.78, 5) is 3.35. The molecule has 1 aliphatic rings. The lowest BCUT2D eigenvalue weighted by molar-refractivity contribution is 0.252. The number of nitrogens with zero attached hydrogens (tertiary/aromatic N) is 1. The Hall–Kier alpha value is -0.720. The number of rotatable bonds is 4. The molecule has 2 rings (SSSR count). The topological polar surface area (TPSA) is 59.1 Å². The van der Waals surface area contributed by atoms with E-state index in [2.05, 4.69) is 9.71 Å². The molecule has 1 aromatic rings. The van der Waals surface area contributed by atoms with E-state index in [0.29, 0.717) is 12.8 Å². The number of alkyl halides is 1. The van der Waals surface area contributed by atoms with Gasteiger partial charge in [0.25, 0.3) is 0 Å². The van der Waals surface area contributed by atoms with E-state index in [1.807, 2.05) is 0 Å². The van der Waals surface area contributed by atoms with Crippen LogP contribution in [0.2, 0.25) is 0 Å². The Labute approximate surface area is 104 Å². The average Bonchev–Trinajstić information content (AvgIpc) is 2.24. The molecule has 0 amide bonds. The average molecular weight is 279 g/mol. The maximum absolute atomic E-state index is 12.9. The SMILES string of the molecule is O=S(=O)(NC1(CCl)CCC1)c1cncc(F)c1. The van der Waals surface area contributed by atoms with E-state index in [4.69, 9.17) is 11.6 Å². The van der Waals surface area contributed by atoms with Crippen LogP contribution in [0, 0.1) is 5.82 Å². The van der Waals surface area contributed by atoms with Crippen molar-refractivity contribution in [1.82, 2.24) is 9.71 Å². The summed E-state index contributed by atoms with van der Waals surface area (Å²) in [5.74, 6) is -0.462. The fourth-order valence-electron chi connectivity index (χ4n) is 1.75. The van der Waals surface area contributed by atoms with Crippen LogP contribution < -0.4 is 4.72 Å². The van der Waals surface area contributed by atoms with Crippen LogP contribution in [-0.2, 0) is 10.0 Å². The fraction of sp³-hybridized carbons (Fsp3) is 0.500. The van der Waals surface area contributed by atoms with Gasteiger partial charge in [-0.25, -0.2) is 17.5 Å². The van der Waals surface area contributed by atoms with Crippen molar-refractivity contribution in [3.05, 3.63) is 24.3 Å². The lowest BCUT2D eigenvalue weighted by atomic mass is 9.79. The zero-order chi connectivity index (χ0) is 12.5. The van der Waals surface area contributed by atoms with E-state index >= 15 is 0 Å². The number of aromatic nitrogens is 1. The molecular formula is C10H12ClFN2O2S. The summed E-state index contributed by atoms with van der Waals surface area (Å²) in [6.07, 6.45) is 4.43. The number of pyridine rings is 1. The van der Waals surface area contributed by atoms with E-state index in [-0.39, 0.29) is 10.8 Å². The highest BCUT2D eigenvalue weighted by Gasteiger charge is 2.40. The van der Waals surface area contributed by atoms with Crippen molar-refractivity contribution in [2.24, 2.45) is 0 Å². The molecule has 1 aromatic heterocycles. The molecule has 17 heavy (non-hydrogen) atoms. The van der Waals surface area contributed by atoms with Gasteiger partial charge in [0, 0.05) is 17.6 Å². The fourth-order valence-corrected chi connectivity index (χ4v) is 3.59. The Morgan fingerprint density at radius 1 is 1.47 bits per heavy atom. The molecule has 94 valence electrons. The van der Waals surface area contributed by atoms with Crippen molar-refractivity contribution >= 4 is 21.6 Å². The summed E-state index contributed by atoms with van der Waals surface area (Å²) >= 11 is 5.77. The first-order chi connectivity index (χ1) is 7.97. The van der Waals surface area contributed by atoms with Gasteiger partial charge in [-0.2, -0.15) is 0 Å². The van der Waals surface area contributed by atoms with Crippen LogP contribution in [0.1, 0.15) is 19.3 Å². The predicted octanol–water partition coefficient (Wildman–Crippen LogP) is 1.66. The minimum Gasteiger partial charge on any atom is -0.260 e. The molecule has 0 radical (unpaired) electrons. The summed E-state index contributed by atoms with van der Waals surface area (Å²) in [6, 6.07) is 0.940. The highest BCUT2D eigenvalue weighted by Crippen LogP contribution is 2.34. The van der Waals surface area contributed by atoms with Gasteiger partial charge in [-0.15, -0.1) is 11.6 Å². The zero-order valence-electron chi connectivity index (χ0n) is 8.99. The summed E-state index contributed by atoms with van der Waals surface area (Å²) in [5.41, 5.74) is -0.577. The molecule has 1 aliphatic carbocycles. The van der Waals surface area contributed by atoms with Gasteiger partial charge in [0.2, 0.25) is 10.0 Å².